The molecule has 0 spiro atoms. The lowest BCUT2D eigenvalue weighted by Gasteiger charge is -2.19. The van der Waals surface area contributed by atoms with E-state index in [4.69, 9.17) is 4.55 Å². The highest BCUT2D eigenvalue weighted by molar-refractivity contribution is 7.85. The number of fused-ring (bicyclic) bond motifs is 1. The second-order valence-corrected chi connectivity index (χ2v) is 8.67. The number of benzene rings is 2. The van der Waals surface area contributed by atoms with Crippen LogP contribution in [-0.2, 0) is 27.8 Å². The van der Waals surface area contributed by atoms with Crippen LogP contribution in [0.1, 0.15) is 42.5 Å². The Morgan fingerprint density at radius 1 is 1.13 bits per heavy atom. The fourth-order valence-electron chi connectivity index (χ4n) is 3.38. The van der Waals surface area contributed by atoms with E-state index in [1.165, 1.54) is 42.3 Å². The van der Waals surface area contributed by atoms with Crippen molar-refractivity contribution in [3.63, 3.8) is 0 Å². The molecule has 1 unspecified atom stereocenters. The van der Waals surface area contributed by atoms with Gasteiger partial charge in [0.1, 0.15) is 11.6 Å². The van der Waals surface area contributed by atoms with Gasteiger partial charge in [0.25, 0.3) is 16.0 Å². The highest BCUT2D eigenvalue weighted by Crippen LogP contribution is 2.25. The van der Waals surface area contributed by atoms with Crippen LogP contribution in [0.15, 0.2) is 59.1 Å². The molecule has 1 aliphatic carbocycles. The molecule has 2 aromatic rings. The van der Waals surface area contributed by atoms with Gasteiger partial charge in [-0.3, -0.25) is 9.35 Å². The first-order valence-electron chi connectivity index (χ1n) is 9.65. The first-order valence-corrected chi connectivity index (χ1v) is 11.1. The molecule has 1 amide bonds. The van der Waals surface area contributed by atoms with Crippen molar-refractivity contribution in [3.8, 4) is 6.07 Å². The topological polar surface area (TPSA) is 119 Å². The zero-order valence-electron chi connectivity index (χ0n) is 16.6. The summed E-state index contributed by atoms with van der Waals surface area (Å²) in [5, 5.41) is 15.0. The fraction of sp³-hybridized carbons (Fsp3) is 0.273. The maximum absolute atomic E-state index is 12.4. The molecule has 8 heteroatoms. The average Bonchev–Trinajstić information content (AvgIpc) is 2.73. The van der Waals surface area contributed by atoms with Crippen molar-refractivity contribution in [1.29, 1.82) is 5.26 Å². The molecule has 2 aromatic carbocycles. The Morgan fingerprint density at radius 3 is 2.43 bits per heavy atom. The molecule has 156 valence electrons. The van der Waals surface area contributed by atoms with E-state index in [1.54, 1.807) is 0 Å². The van der Waals surface area contributed by atoms with Crippen molar-refractivity contribution in [2.45, 2.75) is 43.5 Å². The lowest BCUT2D eigenvalue weighted by atomic mass is 9.89. The molecule has 30 heavy (non-hydrogen) atoms. The van der Waals surface area contributed by atoms with Crippen molar-refractivity contribution in [2.75, 3.05) is 5.32 Å². The van der Waals surface area contributed by atoms with Crippen LogP contribution in [0, 0.1) is 11.3 Å². The van der Waals surface area contributed by atoms with Gasteiger partial charge < -0.3 is 10.6 Å². The van der Waals surface area contributed by atoms with E-state index < -0.39 is 16.0 Å². The smallest absolute Gasteiger partial charge is 0.294 e. The minimum absolute atomic E-state index is 0.0811. The van der Waals surface area contributed by atoms with Crippen molar-refractivity contribution in [1.82, 2.24) is 5.32 Å². The Bertz CT molecular complexity index is 1120. The summed E-state index contributed by atoms with van der Waals surface area (Å²) in [6.07, 6.45) is 5.99. The SMILES string of the molecule is CC(N/C=C(/C#N)C(=O)Nc1ccc(S(=O)(=O)O)cc1)c1ccc2c(c1)CCCC2. The maximum Gasteiger partial charge on any atom is 0.294 e. The number of anilines is 1. The quantitative estimate of drug-likeness (QED) is 0.370. The second-order valence-electron chi connectivity index (χ2n) is 7.25. The Balaban J connectivity index is 1.66. The molecule has 1 aliphatic rings. The zero-order valence-corrected chi connectivity index (χ0v) is 17.4. The van der Waals surface area contributed by atoms with Gasteiger partial charge in [-0.25, -0.2) is 0 Å². The van der Waals surface area contributed by atoms with E-state index in [0.717, 1.165) is 30.5 Å². The predicted molar refractivity (Wildman–Crippen MR) is 113 cm³/mol. The number of nitrogens with zero attached hydrogens (tertiary/aromatic N) is 1. The number of nitriles is 1. The molecule has 0 heterocycles. The average molecular weight is 426 g/mol. The molecule has 3 N–H and O–H groups in total. The fourth-order valence-corrected chi connectivity index (χ4v) is 3.86. The number of aryl methyl sites for hydroxylation is 2. The van der Waals surface area contributed by atoms with Crippen LogP contribution in [0.25, 0.3) is 0 Å². The number of hydrogen-bond donors (Lipinski definition) is 3. The third kappa shape index (κ3) is 5.26. The lowest BCUT2D eigenvalue weighted by Crippen LogP contribution is -2.19. The molecule has 0 saturated carbocycles. The van der Waals surface area contributed by atoms with Crippen LogP contribution in [0.3, 0.4) is 0 Å². The Kier molecular flexibility index (Phi) is 6.55. The molecule has 0 fully saturated rings. The number of nitrogens with one attached hydrogen (secondary N) is 2. The number of carbonyl (C=O) groups is 1. The van der Waals surface area contributed by atoms with Gasteiger partial charge in [-0.05, 0) is 73.6 Å². The first kappa shape index (κ1) is 21.6. The number of rotatable bonds is 6. The summed E-state index contributed by atoms with van der Waals surface area (Å²) in [7, 11) is -4.31. The molecule has 0 radical (unpaired) electrons. The van der Waals surface area contributed by atoms with Crippen LogP contribution in [0.5, 0.6) is 0 Å². The molecule has 3 rings (SSSR count). The van der Waals surface area contributed by atoms with Crippen molar-refractivity contribution >= 4 is 21.7 Å². The van der Waals surface area contributed by atoms with Crippen LogP contribution in [-0.4, -0.2) is 18.9 Å². The summed E-state index contributed by atoms with van der Waals surface area (Å²) < 4.78 is 31.1. The molecular formula is C22H23N3O4S. The minimum atomic E-state index is -4.31. The van der Waals surface area contributed by atoms with Crippen LogP contribution in [0.4, 0.5) is 5.69 Å². The summed E-state index contributed by atoms with van der Waals surface area (Å²) in [5.74, 6) is -0.623. The van der Waals surface area contributed by atoms with Gasteiger partial charge in [0.15, 0.2) is 0 Å². The van der Waals surface area contributed by atoms with Gasteiger partial charge >= 0.3 is 0 Å². The molecule has 1 atom stereocenters. The van der Waals surface area contributed by atoms with E-state index in [0.29, 0.717) is 5.69 Å². The lowest BCUT2D eigenvalue weighted by molar-refractivity contribution is -0.112. The van der Waals surface area contributed by atoms with Gasteiger partial charge in [0, 0.05) is 17.9 Å². The molecule has 0 bridgehead atoms. The van der Waals surface area contributed by atoms with Gasteiger partial charge in [-0.15, -0.1) is 0 Å². The standard InChI is InChI=1S/C22H23N3O4S/c1-15(17-7-6-16-4-2-3-5-18(16)12-17)24-14-19(13-23)22(26)25-20-8-10-21(11-9-20)30(27,28)29/h6-12,14-15,24H,2-5H2,1H3,(H,25,26)(H,27,28,29)/b19-14-. The Labute approximate surface area is 176 Å². The van der Waals surface area contributed by atoms with E-state index in [2.05, 4.69) is 28.8 Å². The van der Waals surface area contributed by atoms with Crippen molar-refractivity contribution < 1.29 is 17.8 Å². The predicted octanol–water partition coefficient (Wildman–Crippen LogP) is 3.51. The van der Waals surface area contributed by atoms with Crippen LogP contribution < -0.4 is 10.6 Å². The van der Waals surface area contributed by atoms with E-state index >= 15 is 0 Å². The number of amides is 1. The van der Waals surface area contributed by atoms with Crippen LogP contribution >= 0.6 is 0 Å². The summed E-state index contributed by atoms with van der Waals surface area (Å²) in [6.45, 7) is 1.96. The van der Waals surface area contributed by atoms with Gasteiger partial charge in [-0.2, -0.15) is 13.7 Å². The number of hydrogen-bond acceptors (Lipinski definition) is 5. The largest absolute Gasteiger partial charge is 0.383 e. The highest BCUT2D eigenvalue weighted by atomic mass is 32.2. The summed E-state index contributed by atoms with van der Waals surface area (Å²) in [5.41, 5.74) is 4.04. The van der Waals surface area contributed by atoms with Crippen LogP contribution in [0.2, 0.25) is 0 Å². The zero-order chi connectivity index (χ0) is 21.7. The second kappa shape index (κ2) is 9.11. The molecule has 7 nitrogen and oxygen atoms in total. The Morgan fingerprint density at radius 2 is 1.80 bits per heavy atom. The van der Waals surface area contributed by atoms with Gasteiger partial charge in [-0.1, -0.05) is 18.2 Å². The first-order chi connectivity index (χ1) is 14.3. The number of carbonyl (C=O) groups excluding carboxylic acids is 1. The maximum atomic E-state index is 12.4. The normalized spacial score (nSPS) is 14.9. The third-order valence-corrected chi connectivity index (χ3v) is 5.99. The van der Waals surface area contributed by atoms with Gasteiger partial charge in [0.2, 0.25) is 0 Å². The third-order valence-electron chi connectivity index (χ3n) is 5.13. The van der Waals surface area contributed by atoms with Gasteiger partial charge in [0.05, 0.1) is 4.90 Å². The summed E-state index contributed by atoms with van der Waals surface area (Å²) >= 11 is 0. The van der Waals surface area contributed by atoms with Crippen molar-refractivity contribution in [3.05, 3.63) is 70.9 Å². The van der Waals surface area contributed by atoms with E-state index in [-0.39, 0.29) is 16.5 Å². The van der Waals surface area contributed by atoms with Crippen molar-refractivity contribution in [2.24, 2.45) is 0 Å². The molecule has 0 aliphatic heterocycles. The monoisotopic (exact) mass is 425 g/mol. The Hall–Kier alpha value is -3.15. The van der Waals surface area contributed by atoms with E-state index in [9.17, 15) is 18.5 Å². The molecule has 0 saturated heterocycles. The molecule has 0 aromatic heterocycles. The summed E-state index contributed by atoms with van der Waals surface area (Å²) in [4.78, 5) is 12.1. The minimum Gasteiger partial charge on any atom is -0.383 e. The highest BCUT2D eigenvalue weighted by Gasteiger charge is 2.14. The van der Waals surface area contributed by atoms with E-state index in [1.807, 2.05) is 13.0 Å². The molecular weight excluding hydrogens is 402 g/mol. The summed E-state index contributed by atoms with van der Waals surface area (Å²) in [6, 6.07) is 13.2.